The van der Waals surface area contributed by atoms with Crippen molar-refractivity contribution in [2.75, 3.05) is 6.61 Å². The second-order valence-corrected chi connectivity index (χ2v) is 11.6. The van der Waals surface area contributed by atoms with Crippen LogP contribution in [0.15, 0.2) is 78.9 Å². The van der Waals surface area contributed by atoms with Crippen LogP contribution in [-0.4, -0.2) is 58.8 Å². The van der Waals surface area contributed by atoms with E-state index >= 15 is 0 Å². The van der Waals surface area contributed by atoms with Gasteiger partial charge in [0.2, 0.25) is 5.91 Å². The fourth-order valence-electron chi connectivity index (χ4n) is 6.94. The number of carbonyl (C=O) groups excluding carboxylic acids is 2. The number of aliphatic carboxylic acids is 1. The second kappa shape index (κ2) is 12.0. The van der Waals surface area contributed by atoms with E-state index in [4.69, 9.17) is 9.47 Å². The van der Waals surface area contributed by atoms with Gasteiger partial charge in [-0.05, 0) is 60.4 Å². The number of nitrogens with one attached hydrogen (secondary N) is 1. The lowest BCUT2D eigenvalue weighted by molar-refractivity contribution is -0.150. The van der Waals surface area contributed by atoms with Gasteiger partial charge in [-0.3, -0.25) is 9.59 Å². The largest absolute Gasteiger partial charge is 0.481 e. The maximum atomic E-state index is 14.0. The number of piperidine rings is 1. The number of benzene rings is 3. The normalized spacial score (nSPS) is 22.1. The minimum atomic E-state index is -0.978. The van der Waals surface area contributed by atoms with Crippen molar-refractivity contribution >= 4 is 18.0 Å². The van der Waals surface area contributed by atoms with Crippen molar-refractivity contribution in [1.29, 1.82) is 0 Å². The molecule has 3 aromatic carbocycles. The van der Waals surface area contributed by atoms with E-state index in [1.165, 1.54) is 0 Å². The third-order valence-corrected chi connectivity index (χ3v) is 9.05. The molecule has 2 fully saturated rings. The number of carboxylic acid groups (broad SMARTS) is 1. The van der Waals surface area contributed by atoms with Gasteiger partial charge in [-0.15, -0.1) is 0 Å². The smallest absolute Gasteiger partial charge is 0.407 e. The maximum absolute atomic E-state index is 14.0. The molecule has 2 saturated heterocycles. The van der Waals surface area contributed by atoms with Crippen molar-refractivity contribution in [3.8, 4) is 11.1 Å². The molecule has 8 heteroatoms. The Kier molecular flexibility index (Phi) is 7.98. The lowest BCUT2D eigenvalue weighted by atomic mass is 9.90. The van der Waals surface area contributed by atoms with Crippen molar-refractivity contribution in [3.05, 3.63) is 95.6 Å². The highest BCUT2D eigenvalue weighted by Gasteiger charge is 2.48. The summed E-state index contributed by atoms with van der Waals surface area (Å²) in [5.41, 5.74) is 5.45. The Balaban J connectivity index is 1.17. The molecular weight excluding hydrogens is 532 g/mol. The Morgan fingerprint density at radius 3 is 2.05 bits per heavy atom. The van der Waals surface area contributed by atoms with E-state index in [1.807, 2.05) is 54.6 Å². The molecule has 218 valence electrons. The van der Waals surface area contributed by atoms with Gasteiger partial charge in [-0.1, -0.05) is 78.9 Å². The van der Waals surface area contributed by atoms with E-state index in [1.54, 1.807) is 11.8 Å². The van der Waals surface area contributed by atoms with Crippen LogP contribution >= 0.6 is 0 Å². The number of hydrogen-bond acceptors (Lipinski definition) is 5. The molecule has 0 saturated carbocycles. The topological polar surface area (TPSA) is 105 Å². The Hall–Kier alpha value is -4.17. The number of hydrogen-bond donors (Lipinski definition) is 2. The molecule has 3 aromatic rings. The number of carboxylic acids is 1. The monoisotopic (exact) mass is 568 g/mol. The van der Waals surface area contributed by atoms with Crippen LogP contribution in [0.25, 0.3) is 11.1 Å². The quantitative estimate of drug-likeness (QED) is 0.361. The van der Waals surface area contributed by atoms with Gasteiger partial charge in [-0.2, -0.15) is 0 Å². The average molecular weight is 569 g/mol. The number of alkyl carbamates (subject to hydrolysis) is 1. The third kappa shape index (κ3) is 5.51. The van der Waals surface area contributed by atoms with Crippen LogP contribution in [0.4, 0.5) is 4.79 Å². The van der Waals surface area contributed by atoms with Gasteiger partial charge in [0.15, 0.2) is 0 Å². The zero-order valence-corrected chi connectivity index (χ0v) is 23.6. The van der Waals surface area contributed by atoms with Crippen molar-refractivity contribution in [2.24, 2.45) is 5.92 Å². The predicted octanol–water partition coefficient (Wildman–Crippen LogP) is 5.35. The fourth-order valence-corrected chi connectivity index (χ4v) is 6.94. The Morgan fingerprint density at radius 1 is 0.881 bits per heavy atom. The van der Waals surface area contributed by atoms with Crippen LogP contribution in [0, 0.1) is 5.92 Å². The second-order valence-electron chi connectivity index (χ2n) is 11.6. The Morgan fingerprint density at radius 2 is 1.45 bits per heavy atom. The molecule has 6 rings (SSSR count). The number of fused-ring (bicyclic) bond motifs is 5. The Bertz CT molecular complexity index is 1400. The molecule has 1 aliphatic carbocycles. The highest BCUT2D eigenvalue weighted by Crippen LogP contribution is 2.44. The summed E-state index contributed by atoms with van der Waals surface area (Å²) < 4.78 is 11.9. The molecule has 4 atom stereocenters. The lowest BCUT2D eigenvalue weighted by Crippen LogP contribution is -2.59. The van der Waals surface area contributed by atoms with Gasteiger partial charge < -0.3 is 24.8 Å². The highest BCUT2D eigenvalue weighted by atomic mass is 16.5. The van der Waals surface area contributed by atoms with Gasteiger partial charge in [0.25, 0.3) is 0 Å². The third-order valence-electron chi connectivity index (χ3n) is 9.05. The first-order valence-electron chi connectivity index (χ1n) is 14.7. The molecule has 2 N–H and O–H groups in total. The molecule has 8 nitrogen and oxygen atoms in total. The summed E-state index contributed by atoms with van der Waals surface area (Å²) in [7, 11) is 0. The average Bonchev–Trinajstić information content (AvgIpc) is 3.47. The number of ether oxygens (including phenoxy) is 2. The van der Waals surface area contributed by atoms with Gasteiger partial charge in [0, 0.05) is 18.0 Å². The number of carbonyl (C=O) groups is 3. The number of nitrogens with zero attached hydrogens (tertiary/aromatic N) is 1. The predicted molar refractivity (Wildman–Crippen MR) is 157 cm³/mol. The summed E-state index contributed by atoms with van der Waals surface area (Å²) >= 11 is 0. The molecule has 0 spiro atoms. The first kappa shape index (κ1) is 28.0. The van der Waals surface area contributed by atoms with Crippen molar-refractivity contribution in [3.63, 3.8) is 0 Å². The molecule has 0 radical (unpaired) electrons. The minimum absolute atomic E-state index is 0.102. The summed E-state index contributed by atoms with van der Waals surface area (Å²) in [5.74, 6) is -1.62. The van der Waals surface area contributed by atoms with Gasteiger partial charge >= 0.3 is 12.1 Å². The molecule has 2 bridgehead atoms. The van der Waals surface area contributed by atoms with Crippen LogP contribution in [0.3, 0.4) is 0 Å². The zero-order chi connectivity index (χ0) is 29.2. The summed E-state index contributed by atoms with van der Waals surface area (Å²) in [5, 5.41) is 12.4. The van der Waals surface area contributed by atoms with Crippen LogP contribution in [0.2, 0.25) is 0 Å². The van der Waals surface area contributed by atoms with Crippen LogP contribution in [0.5, 0.6) is 0 Å². The molecule has 4 unspecified atom stereocenters. The van der Waals surface area contributed by atoms with Crippen LogP contribution in [0.1, 0.15) is 55.2 Å². The molecule has 3 aliphatic rings. The molecule has 2 aliphatic heterocycles. The minimum Gasteiger partial charge on any atom is -0.481 e. The first-order chi connectivity index (χ1) is 20.4. The number of rotatable bonds is 9. The molecule has 0 aromatic heterocycles. The molecule has 2 heterocycles. The standard InChI is InChI=1S/C34H36N2O6/c1-21(41-19-22-9-3-2-4-10-22)31(32(37)36-24-15-16-25(36)18-23(17-24)33(38)39)35-34(40)42-20-30-28-13-7-5-11-26(28)27-12-6-8-14-29(27)30/h2-14,21,23-25,30-31H,15-20H2,1H3,(H,35,40)(H,38,39). The van der Waals surface area contributed by atoms with E-state index in [2.05, 4.69) is 29.6 Å². The van der Waals surface area contributed by atoms with Crippen LogP contribution < -0.4 is 5.32 Å². The van der Waals surface area contributed by atoms with Crippen molar-refractivity contribution < 1.29 is 29.0 Å². The van der Waals surface area contributed by atoms with Gasteiger partial charge in [-0.25, -0.2) is 4.79 Å². The van der Waals surface area contributed by atoms with E-state index in [9.17, 15) is 19.5 Å². The first-order valence-corrected chi connectivity index (χ1v) is 14.7. The lowest BCUT2D eigenvalue weighted by Gasteiger charge is -2.40. The van der Waals surface area contributed by atoms with E-state index in [0.29, 0.717) is 12.8 Å². The summed E-state index contributed by atoms with van der Waals surface area (Å²) in [4.78, 5) is 40.8. The highest BCUT2D eigenvalue weighted by molar-refractivity contribution is 5.87. The zero-order valence-electron chi connectivity index (χ0n) is 23.6. The summed E-state index contributed by atoms with van der Waals surface area (Å²) in [6.07, 6.45) is 1.05. The molecule has 2 amide bonds. The maximum Gasteiger partial charge on any atom is 0.407 e. The molecule has 42 heavy (non-hydrogen) atoms. The van der Waals surface area contributed by atoms with E-state index in [-0.39, 0.29) is 37.1 Å². The van der Waals surface area contributed by atoms with Crippen molar-refractivity contribution in [2.45, 2.75) is 69.4 Å². The summed E-state index contributed by atoms with van der Waals surface area (Å²) in [6.45, 7) is 2.20. The Labute approximate surface area is 245 Å². The van der Waals surface area contributed by atoms with Crippen molar-refractivity contribution in [1.82, 2.24) is 10.2 Å². The SMILES string of the molecule is CC(OCc1ccccc1)C(NC(=O)OCC1c2ccccc2-c2ccccc21)C(=O)N1C2CCC1CC(C(=O)O)C2. The van der Waals surface area contributed by atoms with E-state index in [0.717, 1.165) is 40.7 Å². The number of amides is 2. The fraction of sp³-hybridized carbons (Fsp3) is 0.382. The molecular formula is C34H36N2O6. The van der Waals surface area contributed by atoms with E-state index < -0.39 is 30.1 Å². The van der Waals surface area contributed by atoms with Gasteiger partial charge in [0.1, 0.15) is 12.6 Å². The summed E-state index contributed by atoms with van der Waals surface area (Å²) in [6, 6.07) is 24.6. The van der Waals surface area contributed by atoms with Gasteiger partial charge in [0.05, 0.1) is 18.6 Å². The van der Waals surface area contributed by atoms with Crippen LogP contribution in [-0.2, 0) is 25.7 Å².